The molecular formula is C70H61N5. The minimum Gasteiger partial charge on any atom is -0.309 e. The van der Waals surface area contributed by atoms with Gasteiger partial charge in [-0.3, -0.25) is 4.99 Å². The van der Waals surface area contributed by atoms with E-state index in [-0.39, 0.29) is 21.7 Å². The van der Waals surface area contributed by atoms with Crippen LogP contribution in [0.4, 0.5) is 0 Å². The minimum absolute atomic E-state index is 0.0158. The van der Waals surface area contributed by atoms with Gasteiger partial charge in [-0.15, -0.1) is 0 Å². The lowest BCUT2D eigenvalue weighted by molar-refractivity contribution is 0.125. The summed E-state index contributed by atoms with van der Waals surface area (Å²) in [6.45, 7) is 23.8. The van der Waals surface area contributed by atoms with Crippen LogP contribution < -0.4 is 0 Å². The van der Waals surface area contributed by atoms with Crippen LogP contribution in [0.3, 0.4) is 0 Å². The van der Waals surface area contributed by atoms with Gasteiger partial charge in [-0.1, -0.05) is 183 Å². The number of hydrogen-bond donors (Lipinski definition) is 0. The molecule has 0 unspecified atom stereocenters. The topological polar surface area (TPSA) is 46.9 Å². The van der Waals surface area contributed by atoms with E-state index in [2.05, 4.69) is 240 Å². The van der Waals surface area contributed by atoms with Crippen LogP contribution >= 0.6 is 0 Å². The Hall–Kier alpha value is -8.41. The van der Waals surface area contributed by atoms with Crippen molar-refractivity contribution < 1.29 is 0 Å². The normalized spacial score (nSPS) is 16.2. The highest BCUT2D eigenvalue weighted by atomic mass is 15.0. The Morgan fingerprint density at radius 1 is 0.413 bits per heavy atom. The SMILES string of the molecule is C=NC(=NC(=NCc1ccccc1)c1cccc(-n2c3ccc(-c4ccc5c(c4)c4cc6c(cc4n5-c4ccccc4)C(C)(C)C(C)(C)C6(C)C)cc3c3cc4c(cc32)C(C)(C)c2ccccc2-4)c1)c1ccccc1. The summed E-state index contributed by atoms with van der Waals surface area (Å²) in [5, 5.41) is 4.97. The first-order valence-electron chi connectivity index (χ1n) is 26.4. The lowest BCUT2D eigenvalue weighted by Gasteiger charge is -2.44. The van der Waals surface area contributed by atoms with Crippen LogP contribution in [-0.4, -0.2) is 27.5 Å². The summed E-state index contributed by atoms with van der Waals surface area (Å²) in [6.07, 6.45) is 0. The molecule has 0 atom stereocenters. The number of hydrogen-bond acceptors (Lipinski definition) is 1. The summed E-state index contributed by atoms with van der Waals surface area (Å²) in [5.41, 5.74) is 20.2. The van der Waals surface area contributed by atoms with Gasteiger partial charge in [0, 0.05) is 49.5 Å². The zero-order chi connectivity index (χ0) is 51.6. The van der Waals surface area contributed by atoms with Crippen molar-refractivity contribution in [2.24, 2.45) is 20.4 Å². The molecule has 11 aromatic rings. The van der Waals surface area contributed by atoms with Gasteiger partial charge in [0.2, 0.25) is 0 Å². The van der Waals surface area contributed by atoms with Crippen molar-refractivity contribution in [2.45, 2.75) is 78.2 Å². The molecule has 13 rings (SSSR count). The maximum absolute atomic E-state index is 5.19. The third kappa shape index (κ3) is 6.93. The Bertz CT molecular complexity index is 4200. The molecule has 366 valence electrons. The lowest BCUT2D eigenvalue weighted by atomic mass is 9.59. The molecule has 0 aliphatic heterocycles. The van der Waals surface area contributed by atoms with Gasteiger partial charge in [0.15, 0.2) is 11.7 Å². The minimum atomic E-state index is -0.179. The largest absolute Gasteiger partial charge is 0.309 e. The highest BCUT2D eigenvalue weighted by Gasteiger charge is 2.57. The molecule has 0 fully saturated rings. The van der Waals surface area contributed by atoms with E-state index in [0.717, 1.165) is 33.4 Å². The number of amidine groups is 2. The molecule has 2 aliphatic carbocycles. The van der Waals surface area contributed by atoms with E-state index in [0.29, 0.717) is 18.2 Å². The molecule has 0 amide bonds. The van der Waals surface area contributed by atoms with E-state index >= 15 is 0 Å². The second-order valence-electron chi connectivity index (χ2n) is 23.0. The quantitative estimate of drug-likeness (QED) is 0.113. The second kappa shape index (κ2) is 16.8. The number of fused-ring (bicyclic) bond motifs is 10. The molecule has 0 bridgehead atoms. The van der Waals surface area contributed by atoms with Crippen LogP contribution in [0.1, 0.15) is 94.3 Å². The van der Waals surface area contributed by atoms with Gasteiger partial charge < -0.3 is 9.13 Å². The molecule has 5 heteroatoms. The average Bonchev–Trinajstić information content (AvgIpc) is 4.20. The van der Waals surface area contributed by atoms with Gasteiger partial charge in [-0.05, 0) is 146 Å². The van der Waals surface area contributed by atoms with Crippen LogP contribution in [0, 0.1) is 5.41 Å². The fourth-order valence-corrected chi connectivity index (χ4v) is 12.9. The smallest absolute Gasteiger partial charge is 0.161 e. The molecule has 75 heavy (non-hydrogen) atoms. The van der Waals surface area contributed by atoms with Crippen LogP contribution in [0.15, 0.2) is 215 Å². The van der Waals surface area contributed by atoms with E-state index in [1.165, 1.54) is 82.8 Å². The molecule has 0 saturated heterocycles. The zero-order valence-corrected chi connectivity index (χ0v) is 44.2. The summed E-state index contributed by atoms with van der Waals surface area (Å²) >= 11 is 0. The van der Waals surface area contributed by atoms with Crippen molar-refractivity contribution in [3.63, 3.8) is 0 Å². The van der Waals surface area contributed by atoms with E-state index in [1.807, 2.05) is 36.4 Å². The Labute approximate surface area is 440 Å². The third-order valence-electron chi connectivity index (χ3n) is 18.2. The molecule has 0 spiro atoms. The van der Waals surface area contributed by atoms with E-state index in [1.54, 1.807) is 0 Å². The Morgan fingerprint density at radius 2 is 0.933 bits per heavy atom. The van der Waals surface area contributed by atoms with E-state index in [4.69, 9.17) is 9.98 Å². The van der Waals surface area contributed by atoms with Gasteiger partial charge in [-0.25, -0.2) is 9.98 Å². The Morgan fingerprint density at radius 3 is 1.59 bits per heavy atom. The number of benzene rings is 9. The molecule has 2 aliphatic rings. The molecule has 0 radical (unpaired) electrons. The maximum atomic E-state index is 5.19. The first-order valence-corrected chi connectivity index (χ1v) is 26.4. The molecule has 2 aromatic heterocycles. The van der Waals surface area contributed by atoms with Crippen LogP contribution in [0.2, 0.25) is 0 Å². The van der Waals surface area contributed by atoms with Gasteiger partial charge in [0.1, 0.15) is 0 Å². The van der Waals surface area contributed by atoms with Crippen molar-refractivity contribution >= 4 is 62.0 Å². The predicted molar refractivity (Wildman–Crippen MR) is 317 cm³/mol. The number of aliphatic imine (C=N–C) groups is 3. The summed E-state index contributed by atoms with van der Waals surface area (Å²) in [5.74, 6) is 1.12. The zero-order valence-electron chi connectivity index (χ0n) is 44.2. The highest BCUT2D eigenvalue weighted by molar-refractivity contribution is 6.16. The van der Waals surface area contributed by atoms with Crippen molar-refractivity contribution in [2.75, 3.05) is 0 Å². The fourth-order valence-electron chi connectivity index (χ4n) is 12.9. The first-order chi connectivity index (χ1) is 36.2. The van der Waals surface area contributed by atoms with E-state index < -0.39 is 0 Å². The van der Waals surface area contributed by atoms with Crippen molar-refractivity contribution in [3.8, 4) is 33.6 Å². The van der Waals surface area contributed by atoms with Crippen LogP contribution in [0.25, 0.3) is 77.2 Å². The Balaban J connectivity index is 1.02. The maximum Gasteiger partial charge on any atom is 0.161 e. The molecule has 2 heterocycles. The Kier molecular flexibility index (Phi) is 10.4. The lowest BCUT2D eigenvalue weighted by Crippen LogP contribution is -2.42. The summed E-state index contributed by atoms with van der Waals surface area (Å²) < 4.78 is 4.93. The number of rotatable bonds is 7. The second-order valence-corrected chi connectivity index (χ2v) is 23.0. The number of nitrogens with zero attached hydrogens (tertiary/aromatic N) is 5. The summed E-state index contributed by atoms with van der Waals surface area (Å²) in [6, 6.07) is 73.0. The van der Waals surface area contributed by atoms with Crippen LogP contribution in [-0.2, 0) is 22.8 Å². The molecule has 5 nitrogen and oxygen atoms in total. The van der Waals surface area contributed by atoms with Gasteiger partial charge in [0.05, 0.1) is 28.6 Å². The number of aromatic nitrogens is 2. The summed E-state index contributed by atoms with van der Waals surface area (Å²) in [4.78, 5) is 14.8. The van der Waals surface area contributed by atoms with Crippen molar-refractivity contribution in [1.29, 1.82) is 0 Å². The first kappa shape index (κ1) is 46.4. The van der Waals surface area contributed by atoms with Crippen molar-refractivity contribution in [3.05, 3.63) is 239 Å². The standard InChI is InChI=1S/C70H61N5/c1-67(2)57-31-20-19-30-51(57)52-39-55-53-37-46(47-32-34-61-54(38-47)56-40-59-60(69(5,6)70(7,8)68(59,3)4)42-64(56)74(61)49-27-17-12-18-28-49)33-35-62(53)75(63(55)41-58(52)67)50-29-21-26-48(36-50)66(72-43-44-22-13-10-14-23-44)73-65(71-9)45-24-15-11-16-25-45/h10-42H,9,43H2,1-8H3. The van der Waals surface area contributed by atoms with Crippen molar-refractivity contribution in [1.82, 2.24) is 9.13 Å². The molecule has 0 N–H and O–H groups in total. The molecule has 9 aromatic carbocycles. The van der Waals surface area contributed by atoms with Crippen LogP contribution in [0.5, 0.6) is 0 Å². The molecule has 0 saturated carbocycles. The number of para-hydroxylation sites is 1. The predicted octanol–water partition coefficient (Wildman–Crippen LogP) is 17.5. The van der Waals surface area contributed by atoms with Gasteiger partial charge in [-0.2, -0.15) is 0 Å². The summed E-state index contributed by atoms with van der Waals surface area (Å²) in [7, 11) is 0. The highest BCUT2D eigenvalue weighted by Crippen LogP contribution is 2.62. The average molecular weight is 972 g/mol. The molecular weight excluding hydrogens is 911 g/mol. The fraction of sp³-hybridized carbons (Fsp3) is 0.186. The van der Waals surface area contributed by atoms with Gasteiger partial charge in [0.25, 0.3) is 0 Å². The van der Waals surface area contributed by atoms with Gasteiger partial charge >= 0.3 is 0 Å². The van der Waals surface area contributed by atoms with E-state index in [9.17, 15) is 0 Å². The third-order valence-corrected chi connectivity index (χ3v) is 18.2. The monoisotopic (exact) mass is 971 g/mol.